The third kappa shape index (κ3) is 10.2. The summed E-state index contributed by atoms with van der Waals surface area (Å²) in [4.78, 5) is 37.9. The molecule has 4 saturated heterocycles. The third-order valence-electron chi connectivity index (χ3n) is 10.0. The molecule has 0 aromatic heterocycles. The number of aliphatic hydroxyl groups excluding tert-OH is 13. The van der Waals surface area contributed by atoms with Gasteiger partial charge in [0.05, 0.1) is 38.6 Å². The van der Waals surface area contributed by atoms with Gasteiger partial charge in [0.1, 0.15) is 91.5 Å². The van der Waals surface area contributed by atoms with Gasteiger partial charge in [0, 0.05) is 20.3 Å². The fourth-order valence-corrected chi connectivity index (χ4v) is 7.03. The maximum absolute atomic E-state index is 13.3. The zero-order valence-electron chi connectivity index (χ0n) is 30.4. The van der Waals surface area contributed by atoms with Crippen LogP contribution >= 0.6 is 0 Å². The highest BCUT2D eigenvalue weighted by atomic mass is 16.8. The molecule has 21 atom stereocenters. The van der Waals surface area contributed by atoms with Gasteiger partial charge in [-0.3, -0.25) is 9.59 Å². The standard InChI is InChI=1S/C31H52N2O24/c1-8(38)32-15-11(52-28-16(33-9(2)39)20(44)18(42)12(5-35)53-28)3-31(30(49)50,56-25(15)17(41)10(40)4-34)57-26-19(43)13(6-36)54-29(23(26)47)55-24-14(7-37)51-27(48)22(46)21(24)45/h10-29,34-37,40-48H,3-7H2,1-2H3,(H,32,38)(H,33,39)(H,49,50)/t10-,11+,12-,13-,14-,15-,16-,17-,18+,19+,20-,21-,22-,23-,24-,25-,26+,27-,28-,29+,31+/m1/s1. The summed E-state index contributed by atoms with van der Waals surface area (Å²) in [5.41, 5.74) is 0. The van der Waals surface area contributed by atoms with Gasteiger partial charge in [-0.25, -0.2) is 4.79 Å². The molecule has 4 aliphatic heterocycles. The van der Waals surface area contributed by atoms with Crippen molar-refractivity contribution in [2.24, 2.45) is 0 Å². The summed E-state index contributed by atoms with van der Waals surface area (Å²) in [6.45, 7) is -2.07. The third-order valence-corrected chi connectivity index (χ3v) is 10.0. The summed E-state index contributed by atoms with van der Waals surface area (Å²) >= 11 is 0. The Kier molecular flexibility index (Phi) is 16.4. The van der Waals surface area contributed by atoms with Crippen molar-refractivity contribution in [3.63, 3.8) is 0 Å². The van der Waals surface area contributed by atoms with Crippen molar-refractivity contribution in [2.45, 2.75) is 149 Å². The second-order valence-corrected chi connectivity index (χ2v) is 14.0. The van der Waals surface area contributed by atoms with Crippen molar-refractivity contribution in [3.05, 3.63) is 0 Å². The molecule has 0 aromatic carbocycles. The molecular weight excluding hydrogens is 784 g/mol. The molecule has 0 radical (unpaired) electrons. The molecule has 0 saturated carbocycles. The van der Waals surface area contributed by atoms with Gasteiger partial charge < -0.3 is 115 Å². The molecule has 0 bridgehead atoms. The maximum atomic E-state index is 13.3. The van der Waals surface area contributed by atoms with Crippen LogP contribution in [0, 0.1) is 0 Å². The number of carboxylic acids is 1. The number of aliphatic carboxylic acids is 1. The Bertz CT molecular complexity index is 1350. The second kappa shape index (κ2) is 19.8. The van der Waals surface area contributed by atoms with Crippen molar-refractivity contribution in [2.75, 3.05) is 26.4 Å². The summed E-state index contributed by atoms with van der Waals surface area (Å²) in [6, 6.07) is -3.39. The molecule has 26 heteroatoms. The lowest BCUT2D eigenvalue weighted by atomic mass is 9.87. The van der Waals surface area contributed by atoms with E-state index in [4.69, 9.17) is 33.2 Å². The summed E-state index contributed by atoms with van der Waals surface area (Å²) in [6.07, 6.45) is -36.8. The number of nitrogens with one attached hydrogen (secondary N) is 2. The first-order valence-electron chi connectivity index (χ1n) is 17.7. The Morgan fingerprint density at radius 3 is 1.79 bits per heavy atom. The molecule has 0 spiro atoms. The number of rotatable bonds is 15. The van der Waals surface area contributed by atoms with E-state index in [1.807, 2.05) is 0 Å². The molecule has 0 unspecified atom stereocenters. The van der Waals surface area contributed by atoms with E-state index in [0.29, 0.717) is 0 Å². The molecule has 4 aliphatic rings. The highest BCUT2D eigenvalue weighted by molar-refractivity contribution is 5.77. The zero-order chi connectivity index (χ0) is 42.7. The monoisotopic (exact) mass is 836 g/mol. The topological polar surface area (TPSA) is 423 Å². The van der Waals surface area contributed by atoms with E-state index >= 15 is 0 Å². The van der Waals surface area contributed by atoms with Crippen LogP contribution < -0.4 is 10.6 Å². The predicted octanol–water partition coefficient (Wildman–Crippen LogP) is -10.3. The van der Waals surface area contributed by atoms with Gasteiger partial charge >= 0.3 is 5.97 Å². The molecule has 4 fully saturated rings. The summed E-state index contributed by atoms with van der Waals surface area (Å²) in [5.74, 6) is -6.99. The zero-order valence-corrected chi connectivity index (χ0v) is 30.4. The smallest absolute Gasteiger partial charge is 0.364 e. The molecule has 0 aliphatic carbocycles. The van der Waals surface area contributed by atoms with Crippen LogP contribution in [0.3, 0.4) is 0 Å². The molecule has 2 amide bonds. The molecule has 0 aromatic rings. The average molecular weight is 837 g/mol. The van der Waals surface area contributed by atoms with Crippen molar-refractivity contribution in [3.8, 4) is 0 Å². The normalized spacial score (nSPS) is 45.1. The second-order valence-electron chi connectivity index (χ2n) is 14.0. The summed E-state index contributed by atoms with van der Waals surface area (Å²) in [7, 11) is 0. The van der Waals surface area contributed by atoms with Crippen LogP contribution in [0.15, 0.2) is 0 Å². The molecule has 4 rings (SSSR count). The lowest BCUT2D eigenvalue weighted by Crippen LogP contribution is -2.72. The largest absolute Gasteiger partial charge is 0.477 e. The minimum atomic E-state index is -3.25. The van der Waals surface area contributed by atoms with Crippen molar-refractivity contribution < 1.29 is 119 Å². The fourth-order valence-electron chi connectivity index (χ4n) is 7.03. The molecule has 330 valence electrons. The Morgan fingerprint density at radius 1 is 0.684 bits per heavy atom. The SMILES string of the molecule is CC(=O)N[C@H]1[C@H](O[C@H]2C[C@](O[C@H]3[C@@H](O)[C@@H](CO)O[C@@H](O[C@H]4[C@H](O)[C@@H](O)[C@H](O)O[C@@H]4CO)[C@@H]3O)(C(=O)O)O[C@@H]([C@H](O)[C@H](O)CO)[C@@H]2NC(C)=O)O[C@H](CO)[C@H](O)[C@@H]1O. The number of hydrogen-bond acceptors (Lipinski definition) is 23. The first-order valence-corrected chi connectivity index (χ1v) is 17.7. The van der Waals surface area contributed by atoms with Crippen LogP contribution in [0.4, 0.5) is 0 Å². The number of hydrogen-bond donors (Lipinski definition) is 16. The number of aliphatic hydroxyl groups is 13. The van der Waals surface area contributed by atoms with Crippen LogP contribution in [0.2, 0.25) is 0 Å². The first kappa shape index (κ1) is 47.3. The Hall–Kier alpha value is -2.39. The van der Waals surface area contributed by atoms with Crippen LogP contribution in [0.5, 0.6) is 0 Å². The number of carboxylic acid groups (broad SMARTS) is 1. The number of carbonyl (C=O) groups excluding carboxylic acids is 2. The van der Waals surface area contributed by atoms with E-state index in [-0.39, 0.29) is 0 Å². The van der Waals surface area contributed by atoms with Gasteiger partial charge in [0.25, 0.3) is 5.79 Å². The van der Waals surface area contributed by atoms with Gasteiger partial charge in [-0.2, -0.15) is 0 Å². The van der Waals surface area contributed by atoms with Crippen LogP contribution in [-0.4, -0.2) is 244 Å². The van der Waals surface area contributed by atoms with Crippen molar-refractivity contribution >= 4 is 17.8 Å². The predicted molar refractivity (Wildman–Crippen MR) is 174 cm³/mol. The van der Waals surface area contributed by atoms with Gasteiger partial charge in [-0.1, -0.05) is 0 Å². The molecule has 4 heterocycles. The number of amides is 2. The molecular formula is C31H52N2O24. The van der Waals surface area contributed by atoms with E-state index in [9.17, 15) is 85.9 Å². The van der Waals surface area contributed by atoms with Crippen molar-refractivity contribution in [1.29, 1.82) is 0 Å². The van der Waals surface area contributed by atoms with E-state index in [0.717, 1.165) is 13.8 Å². The van der Waals surface area contributed by atoms with Crippen LogP contribution in [0.1, 0.15) is 20.3 Å². The van der Waals surface area contributed by atoms with E-state index < -0.39 is 179 Å². The lowest BCUT2D eigenvalue weighted by molar-refractivity contribution is -0.389. The minimum Gasteiger partial charge on any atom is -0.477 e. The molecule has 57 heavy (non-hydrogen) atoms. The van der Waals surface area contributed by atoms with E-state index in [1.165, 1.54) is 0 Å². The first-order chi connectivity index (χ1) is 26.7. The van der Waals surface area contributed by atoms with Gasteiger partial charge in [-0.15, -0.1) is 0 Å². The maximum Gasteiger partial charge on any atom is 0.364 e. The number of ether oxygens (including phenoxy) is 7. The van der Waals surface area contributed by atoms with Crippen molar-refractivity contribution in [1.82, 2.24) is 10.6 Å². The average Bonchev–Trinajstić information content (AvgIpc) is 3.16. The van der Waals surface area contributed by atoms with E-state index in [1.54, 1.807) is 0 Å². The highest BCUT2D eigenvalue weighted by Crippen LogP contribution is 2.40. The Balaban J connectivity index is 1.78. The molecule has 16 N–H and O–H groups in total. The Morgan fingerprint density at radius 2 is 1.25 bits per heavy atom. The highest BCUT2D eigenvalue weighted by Gasteiger charge is 2.61. The summed E-state index contributed by atoms with van der Waals surface area (Å²) < 4.78 is 39.2. The minimum absolute atomic E-state index is 0.792. The molecule has 26 nitrogen and oxygen atoms in total. The van der Waals surface area contributed by atoms with E-state index in [2.05, 4.69) is 10.6 Å². The lowest BCUT2D eigenvalue weighted by Gasteiger charge is -2.52. The van der Waals surface area contributed by atoms with Gasteiger partial charge in [0.15, 0.2) is 18.9 Å². The van der Waals surface area contributed by atoms with Gasteiger partial charge in [-0.05, 0) is 0 Å². The quantitative estimate of drug-likeness (QED) is 0.0728. The van der Waals surface area contributed by atoms with Gasteiger partial charge in [0.2, 0.25) is 11.8 Å². The van der Waals surface area contributed by atoms with Crippen LogP contribution in [-0.2, 0) is 47.5 Å². The van der Waals surface area contributed by atoms with Crippen LogP contribution in [0.25, 0.3) is 0 Å². The Labute approximate surface area is 322 Å². The fraction of sp³-hybridized carbons (Fsp3) is 0.903. The summed E-state index contributed by atoms with van der Waals surface area (Å²) in [5, 5.41) is 151. The number of carbonyl (C=O) groups is 3.